The predicted octanol–water partition coefficient (Wildman–Crippen LogP) is 1.34. The summed E-state index contributed by atoms with van der Waals surface area (Å²) in [7, 11) is -1.71. The van der Waals surface area contributed by atoms with Crippen LogP contribution in [0.2, 0.25) is 0 Å². The Balaban J connectivity index is 2.07. The molecule has 2 heterocycles. The molecule has 114 valence electrons. The molecule has 8 heteroatoms. The topological polar surface area (TPSA) is 87.2 Å². The summed E-state index contributed by atoms with van der Waals surface area (Å²) >= 11 is 0. The van der Waals surface area contributed by atoms with E-state index in [1.807, 2.05) is 0 Å². The zero-order chi connectivity index (χ0) is 15.2. The summed E-state index contributed by atoms with van der Waals surface area (Å²) < 4.78 is 44.2. The Bertz CT molecular complexity index is 801. The van der Waals surface area contributed by atoms with E-state index in [0.717, 1.165) is 0 Å². The van der Waals surface area contributed by atoms with Crippen LogP contribution in [0.3, 0.4) is 0 Å². The van der Waals surface area contributed by atoms with Gasteiger partial charge in [0.05, 0.1) is 29.1 Å². The molecule has 21 heavy (non-hydrogen) atoms. The Morgan fingerprint density at radius 3 is 2.90 bits per heavy atom. The van der Waals surface area contributed by atoms with Gasteiger partial charge in [0.1, 0.15) is 0 Å². The number of hydrogen-bond acceptors (Lipinski definition) is 5. The van der Waals surface area contributed by atoms with E-state index < -0.39 is 20.9 Å². The molecule has 3 rings (SSSR count). The first-order valence-corrected chi connectivity index (χ1v) is 8.35. The minimum atomic E-state index is -3.08. The molecular weight excluding hydrogens is 297 g/mol. The number of ether oxygens (including phenoxy) is 1. The number of nitrogen functional groups attached to an aromatic ring is 1. The number of nitrogens with zero attached hydrogens (tertiary/aromatic N) is 2. The van der Waals surface area contributed by atoms with Gasteiger partial charge in [-0.05, 0) is 12.8 Å². The maximum atomic E-state index is 13.7. The van der Waals surface area contributed by atoms with E-state index in [-0.39, 0.29) is 24.0 Å². The first-order chi connectivity index (χ1) is 9.92. The first-order valence-electron chi connectivity index (χ1n) is 6.63. The SMILES string of the molecule is COc1cc2c(cc1F)nc(N)n2CC1CCCS1(=O)=O. The van der Waals surface area contributed by atoms with Gasteiger partial charge in [0.2, 0.25) is 5.95 Å². The second-order valence-electron chi connectivity index (χ2n) is 5.19. The summed E-state index contributed by atoms with van der Waals surface area (Å²) in [5.74, 6) is -0.0527. The third-order valence-electron chi connectivity index (χ3n) is 3.90. The highest BCUT2D eigenvalue weighted by atomic mass is 32.2. The number of hydrogen-bond donors (Lipinski definition) is 1. The summed E-state index contributed by atoms with van der Waals surface area (Å²) in [6, 6.07) is 2.74. The van der Waals surface area contributed by atoms with E-state index in [1.54, 1.807) is 4.57 Å². The van der Waals surface area contributed by atoms with Gasteiger partial charge in [-0.2, -0.15) is 0 Å². The highest BCUT2D eigenvalue weighted by Gasteiger charge is 2.32. The molecule has 2 N–H and O–H groups in total. The van der Waals surface area contributed by atoms with Crippen LogP contribution in [-0.4, -0.2) is 36.1 Å². The van der Waals surface area contributed by atoms with Gasteiger partial charge < -0.3 is 15.0 Å². The minimum Gasteiger partial charge on any atom is -0.494 e. The number of halogens is 1. The van der Waals surface area contributed by atoms with Crippen molar-refractivity contribution in [1.29, 1.82) is 0 Å². The fraction of sp³-hybridized carbons (Fsp3) is 0.462. The van der Waals surface area contributed by atoms with Gasteiger partial charge >= 0.3 is 0 Å². The van der Waals surface area contributed by atoms with Gasteiger partial charge in [-0.3, -0.25) is 0 Å². The van der Waals surface area contributed by atoms with E-state index in [0.29, 0.717) is 23.9 Å². The molecule has 1 saturated heterocycles. The number of aromatic nitrogens is 2. The highest BCUT2D eigenvalue weighted by Crippen LogP contribution is 2.29. The van der Waals surface area contributed by atoms with E-state index in [4.69, 9.17) is 10.5 Å². The molecule has 1 aromatic carbocycles. The van der Waals surface area contributed by atoms with Crippen molar-refractivity contribution in [3.8, 4) is 5.75 Å². The normalized spacial score (nSPS) is 21.0. The lowest BCUT2D eigenvalue weighted by molar-refractivity contribution is 0.387. The van der Waals surface area contributed by atoms with Crippen LogP contribution in [0.5, 0.6) is 5.75 Å². The van der Waals surface area contributed by atoms with Crippen LogP contribution in [0.25, 0.3) is 11.0 Å². The second kappa shape index (κ2) is 4.87. The summed E-state index contributed by atoms with van der Waals surface area (Å²) in [5, 5.41) is -0.465. The lowest BCUT2D eigenvalue weighted by atomic mass is 10.2. The van der Waals surface area contributed by atoms with Crippen LogP contribution in [0.4, 0.5) is 10.3 Å². The summed E-state index contributed by atoms with van der Waals surface area (Å²) in [4.78, 5) is 4.09. The summed E-state index contributed by atoms with van der Waals surface area (Å²) in [6.45, 7) is 0.236. The second-order valence-corrected chi connectivity index (χ2v) is 7.59. The van der Waals surface area contributed by atoms with Gasteiger partial charge in [0.25, 0.3) is 0 Å². The van der Waals surface area contributed by atoms with Crippen LogP contribution in [0, 0.1) is 5.82 Å². The van der Waals surface area contributed by atoms with Crippen molar-refractivity contribution in [1.82, 2.24) is 9.55 Å². The molecule has 1 atom stereocenters. The number of imidazole rings is 1. The molecule has 0 spiro atoms. The molecule has 0 amide bonds. The average molecular weight is 313 g/mol. The van der Waals surface area contributed by atoms with Crippen molar-refractivity contribution in [2.45, 2.75) is 24.6 Å². The lowest BCUT2D eigenvalue weighted by Crippen LogP contribution is -2.23. The van der Waals surface area contributed by atoms with Gasteiger partial charge in [0.15, 0.2) is 21.4 Å². The third-order valence-corrected chi connectivity index (χ3v) is 6.16. The van der Waals surface area contributed by atoms with E-state index in [1.165, 1.54) is 19.2 Å². The Morgan fingerprint density at radius 2 is 2.29 bits per heavy atom. The molecule has 1 fully saturated rings. The van der Waals surface area contributed by atoms with Gasteiger partial charge in [-0.15, -0.1) is 0 Å². The molecule has 1 aromatic heterocycles. The predicted molar refractivity (Wildman–Crippen MR) is 77.5 cm³/mol. The largest absolute Gasteiger partial charge is 0.494 e. The smallest absolute Gasteiger partial charge is 0.201 e. The van der Waals surface area contributed by atoms with Crippen LogP contribution < -0.4 is 10.5 Å². The molecule has 0 saturated carbocycles. The van der Waals surface area contributed by atoms with Crippen molar-refractivity contribution in [3.63, 3.8) is 0 Å². The average Bonchev–Trinajstić information content (AvgIpc) is 2.90. The Morgan fingerprint density at radius 1 is 1.52 bits per heavy atom. The molecule has 0 bridgehead atoms. The highest BCUT2D eigenvalue weighted by molar-refractivity contribution is 7.92. The van der Waals surface area contributed by atoms with E-state index in [2.05, 4.69) is 4.98 Å². The van der Waals surface area contributed by atoms with Gasteiger partial charge in [-0.1, -0.05) is 0 Å². The van der Waals surface area contributed by atoms with Crippen molar-refractivity contribution in [2.75, 3.05) is 18.6 Å². The molecule has 1 aliphatic rings. The molecule has 2 aromatic rings. The van der Waals surface area contributed by atoms with Crippen molar-refractivity contribution >= 4 is 26.8 Å². The number of rotatable bonds is 3. The lowest BCUT2D eigenvalue weighted by Gasteiger charge is -2.12. The van der Waals surface area contributed by atoms with E-state index in [9.17, 15) is 12.8 Å². The fourth-order valence-corrected chi connectivity index (χ4v) is 4.56. The zero-order valence-corrected chi connectivity index (χ0v) is 12.4. The van der Waals surface area contributed by atoms with Crippen LogP contribution in [0.15, 0.2) is 12.1 Å². The maximum Gasteiger partial charge on any atom is 0.201 e. The zero-order valence-electron chi connectivity index (χ0n) is 11.5. The number of nitrogens with two attached hydrogens (primary N) is 1. The summed E-state index contributed by atoms with van der Waals surface area (Å²) in [5.41, 5.74) is 6.82. The monoisotopic (exact) mass is 313 g/mol. The van der Waals surface area contributed by atoms with Gasteiger partial charge in [-0.25, -0.2) is 17.8 Å². The van der Waals surface area contributed by atoms with Crippen molar-refractivity contribution in [3.05, 3.63) is 17.9 Å². The van der Waals surface area contributed by atoms with Crippen molar-refractivity contribution < 1.29 is 17.5 Å². The Labute approximate surface area is 121 Å². The molecule has 6 nitrogen and oxygen atoms in total. The van der Waals surface area contributed by atoms with Crippen LogP contribution >= 0.6 is 0 Å². The molecule has 1 unspecified atom stereocenters. The fourth-order valence-electron chi connectivity index (χ4n) is 2.76. The first kappa shape index (κ1) is 14.1. The third kappa shape index (κ3) is 2.33. The number of methoxy groups -OCH3 is 1. The summed E-state index contributed by atoms with van der Waals surface area (Å²) in [6.07, 6.45) is 1.28. The van der Waals surface area contributed by atoms with E-state index >= 15 is 0 Å². The van der Waals surface area contributed by atoms with Crippen molar-refractivity contribution in [2.24, 2.45) is 0 Å². The maximum absolute atomic E-state index is 13.7. The number of benzene rings is 1. The van der Waals surface area contributed by atoms with Gasteiger partial charge in [0, 0.05) is 18.7 Å². The molecular formula is C13H16FN3O3S. The minimum absolute atomic E-state index is 0.0814. The molecule has 0 aliphatic carbocycles. The standard InChI is InChI=1S/C13H16FN3O3S/c1-20-12-6-11-10(5-9(12)14)16-13(15)17(11)7-8-3-2-4-21(8,18)19/h5-6,8H,2-4,7H2,1H3,(H2,15,16). The van der Waals surface area contributed by atoms with Crippen LogP contribution in [-0.2, 0) is 16.4 Å². The Kier molecular flexibility index (Phi) is 3.27. The van der Waals surface area contributed by atoms with Crippen LogP contribution in [0.1, 0.15) is 12.8 Å². The molecule has 0 radical (unpaired) electrons. The number of sulfone groups is 1. The molecule has 1 aliphatic heterocycles. The quantitative estimate of drug-likeness (QED) is 0.924. The number of fused-ring (bicyclic) bond motifs is 1. The Hall–Kier alpha value is -1.83. The number of anilines is 1.